The molecule has 5 heteroatoms. The zero-order valence-electron chi connectivity index (χ0n) is 14.2. The van der Waals surface area contributed by atoms with Crippen LogP contribution < -0.4 is 0 Å². The third-order valence-corrected chi connectivity index (χ3v) is 3.90. The smallest absolute Gasteiger partial charge is 0.312 e. The van der Waals surface area contributed by atoms with E-state index in [9.17, 15) is 9.59 Å². The van der Waals surface area contributed by atoms with Gasteiger partial charge in [-0.25, -0.2) is 0 Å². The molecule has 0 atom stereocenters. The first-order valence-corrected chi connectivity index (χ1v) is 8.09. The maximum absolute atomic E-state index is 12.5. The van der Waals surface area contributed by atoms with Crippen LogP contribution in [-0.4, -0.2) is 46.7 Å². The second-order valence-electron chi connectivity index (χ2n) is 5.64. The number of aromatic nitrogens is 1. The average molecular weight is 325 g/mol. The number of hydrogen-bond donors (Lipinski definition) is 0. The number of carbonyl (C=O) groups excluding carboxylic acids is 2. The monoisotopic (exact) mass is 325 g/mol. The van der Waals surface area contributed by atoms with Crippen LogP contribution in [0.1, 0.15) is 18.1 Å². The summed E-state index contributed by atoms with van der Waals surface area (Å²) in [6.45, 7) is 3.32. The van der Waals surface area contributed by atoms with Gasteiger partial charge in [0.1, 0.15) is 0 Å². The highest BCUT2D eigenvalue weighted by Crippen LogP contribution is 2.06. The Morgan fingerprint density at radius 2 is 1.62 bits per heavy atom. The minimum absolute atomic E-state index is 0.445. The number of likely N-dealkylation sites (N-methyl/N-ethyl adjacent to an activating group) is 2. The number of hydrogen-bond acceptors (Lipinski definition) is 3. The minimum atomic E-state index is -0.471. The van der Waals surface area contributed by atoms with Crippen LogP contribution in [0.5, 0.6) is 0 Å². The fraction of sp³-hybridized carbons (Fsp3) is 0.316. The maximum Gasteiger partial charge on any atom is 0.312 e. The summed E-state index contributed by atoms with van der Waals surface area (Å²) in [7, 11) is 1.66. The molecular weight excluding hydrogens is 302 g/mol. The molecule has 1 aromatic heterocycles. The zero-order valence-corrected chi connectivity index (χ0v) is 14.2. The van der Waals surface area contributed by atoms with Crippen LogP contribution in [0.25, 0.3) is 0 Å². The maximum atomic E-state index is 12.5. The molecule has 0 aliphatic heterocycles. The Balaban J connectivity index is 1.92. The van der Waals surface area contributed by atoms with Crippen molar-refractivity contribution in [2.45, 2.75) is 19.9 Å². The highest BCUT2D eigenvalue weighted by atomic mass is 16.2. The standard InChI is InChI=1S/C19H23N3O2/c1-3-22(15-17-7-5-4-6-8-17)19(24)18(23)21(2)14-11-16-9-12-20-13-10-16/h4-10,12-13H,3,11,14-15H2,1-2H3. The van der Waals surface area contributed by atoms with Gasteiger partial charge in [-0.3, -0.25) is 14.6 Å². The van der Waals surface area contributed by atoms with Gasteiger partial charge in [-0.05, 0) is 36.6 Å². The Morgan fingerprint density at radius 3 is 2.25 bits per heavy atom. The number of rotatable bonds is 6. The SMILES string of the molecule is CCN(Cc1ccccc1)C(=O)C(=O)N(C)CCc1ccncc1. The summed E-state index contributed by atoms with van der Waals surface area (Å²) in [5.41, 5.74) is 2.11. The lowest BCUT2D eigenvalue weighted by molar-refractivity contribution is -0.151. The van der Waals surface area contributed by atoms with E-state index in [4.69, 9.17) is 0 Å². The van der Waals surface area contributed by atoms with Crippen molar-refractivity contribution < 1.29 is 9.59 Å². The Labute approximate surface area is 142 Å². The molecule has 0 fully saturated rings. The van der Waals surface area contributed by atoms with Crippen molar-refractivity contribution in [3.8, 4) is 0 Å². The Bertz CT molecular complexity index is 659. The molecule has 0 unspecified atom stereocenters. The van der Waals surface area contributed by atoms with E-state index in [0.29, 0.717) is 26.1 Å². The van der Waals surface area contributed by atoms with Crippen LogP contribution in [0.4, 0.5) is 0 Å². The molecule has 2 aromatic rings. The molecule has 2 rings (SSSR count). The van der Waals surface area contributed by atoms with Crippen molar-refractivity contribution in [2.24, 2.45) is 0 Å². The Kier molecular flexibility index (Phi) is 6.49. The summed E-state index contributed by atoms with van der Waals surface area (Å²) < 4.78 is 0. The van der Waals surface area contributed by atoms with Crippen LogP contribution >= 0.6 is 0 Å². The molecule has 1 aromatic carbocycles. The Morgan fingerprint density at radius 1 is 0.958 bits per heavy atom. The van der Waals surface area contributed by atoms with E-state index >= 15 is 0 Å². The predicted octanol–water partition coefficient (Wildman–Crippen LogP) is 2.13. The van der Waals surface area contributed by atoms with Gasteiger partial charge in [0.05, 0.1) is 0 Å². The van der Waals surface area contributed by atoms with Gasteiger partial charge in [0, 0.05) is 39.1 Å². The number of carbonyl (C=O) groups is 2. The van der Waals surface area contributed by atoms with Crippen LogP contribution in [0, 0.1) is 0 Å². The summed E-state index contributed by atoms with van der Waals surface area (Å²) in [5, 5.41) is 0. The zero-order chi connectivity index (χ0) is 17.4. The molecule has 126 valence electrons. The highest BCUT2D eigenvalue weighted by Gasteiger charge is 2.24. The van der Waals surface area contributed by atoms with Gasteiger partial charge >= 0.3 is 11.8 Å². The summed E-state index contributed by atoms with van der Waals surface area (Å²) in [4.78, 5) is 31.9. The van der Waals surface area contributed by atoms with Gasteiger partial charge in [0.2, 0.25) is 0 Å². The minimum Gasteiger partial charge on any atom is -0.337 e. The lowest BCUT2D eigenvalue weighted by Crippen LogP contribution is -2.44. The van der Waals surface area contributed by atoms with Gasteiger partial charge in [0.25, 0.3) is 0 Å². The number of benzene rings is 1. The van der Waals surface area contributed by atoms with Crippen molar-refractivity contribution in [1.29, 1.82) is 0 Å². The largest absolute Gasteiger partial charge is 0.337 e. The van der Waals surface area contributed by atoms with Crippen molar-refractivity contribution in [3.05, 3.63) is 66.0 Å². The quantitative estimate of drug-likeness (QED) is 0.765. The second kappa shape index (κ2) is 8.82. The molecule has 0 aliphatic carbocycles. The highest BCUT2D eigenvalue weighted by molar-refractivity contribution is 6.34. The van der Waals surface area contributed by atoms with E-state index in [0.717, 1.165) is 11.1 Å². The summed E-state index contributed by atoms with van der Waals surface area (Å²) in [5.74, 6) is -0.930. The van der Waals surface area contributed by atoms with Gasteiger partial charge in [-0.15, -0.1) is 0 Å². The second-order valence-corrected chi connectivity index (χ2v) is 5.64. The molecular formula is C19H23N3O2. The van der Waals surface area contributed by atoms with E-state index in [1.54, 1.807) is 24.3 Å². The number of amides is 2. The first-order chi connectivity index (χ1) is 11.6. The molecule has 24 heavy (non-hydrogen) atoms. The van der Waals surface area contributed by atoms with Crippen LogP contribution in [0.3, 0.4) is 0 Å². The molecule has 0 bridgehead atoms. The first kappa shape index (κ1) is 17.7. The van der Waals surface area contributed by atoms with E-state index in [1.165, 1.54) is 4.90 Å². The predicted molar refractivity (Wildman–Crippen MR) is 93.1 cm³/mol. The molecule has 1 heterocycles. The van der Waals surface area contributed by atoms with Crippen molar-refractivity contribution in [3.63, 3.8) is 0 Å². The van der Waals surface area contributed by atoms with Crippen molar-refractivity contribution in [2.75, 3.05) is 20.1 Å². The van der Waals surface area contributed by atoms with Gasteiger partial charge in [-0.2, -0.15) is 0 Å². The van der Waals surface area contributed by atoms with E-state index in [2.05, 4.69) is 4.98 Å². The first-order valence-electron chi connectivity index (χ1n) is 8.09. The third kappa shape index (κ3) is 4.91. The number of pyridine rings is 1. The van der Waals surface area contributed by atoms with Crippen LogP contribution in [0.2, 0.25) is 0 Å². The molecule has 0 spiro atoms. The van der Waals surface area contributed by atoms with Crippen molar-refractivity contribution >= 4 is 11.8 Å². The topological polar surface area (TPSA) is 53.5 Å². The summed E-state index contributed by atoms with van der Waals surface area (Å²) in [6.07, 6.45) is 4.14. The van der Waals surface area contributed by atoms with Crippen LogP contribution in [-0.2, 0) is 22.6 Å². The normalized spacial score (nSPS) is 10.2. The fourth-order valence-corrected chi connectivity index (χ4v) is 2.38. The molecule has 0 aliphatic rings. The van der Waals surface area contributed by atoms with Crippen LogP contribution in [0.15, 0.2) is 54.9 Å². The molecule has 2 amide bonds. The van der Waals surface area contributed by atoms with Gasteiger partial charge < -0.3 is 9.80 Å². The molecule has 0 saturated carbocycles. The molecule has 0 radical (unpaired) electrons. The van der Waals surface area contributed by atoms with Gasteiger partial charge in [0.15, 0.2) is 0 Å². The van der Waals surface area contributed by atoms with E-state index in [1.807, 2.05) is 49.4 Å². The summed E-state index contributed by atoms with van der Waals surface area (Å²) >= 11 is 0. The Hall–Kier alpha value is -2.69. The van der Waals surface area contributed by atoms with Crippen molar-refractivity contribution in [1.82, 2.24) is 14.8 Å². The van der Waals surface area contributed by atoms with Gasteiger partial charge in [-0.1, -0.05) is 30.3 Å². The van der Waals surface area contributed by atoms with E-state index < -0.39 is 11.8 Å². The average Bonchev–Trinajstić information content (AvgIpc) is 2.64. The summed E-state index contributed by atoms with van der Waals surface area (Å²) in [6, 6.07) is 13.5. The lowest BCUT2D eigenvalue weighted by atomic mass is 10.2. The molecule has 0 saturated heterocycles. The molecule has 5 nitrogen and oxygen atoms in total. The lowest BCUT2D eigenvalue weighted by Gasteiger charge is -2.24. The number of nitrogens with zero attached hydrogens (tertiary/aromatic N) is 3. The third-order valence-electron chi connectivity index (χ3n) is 3.90. The molecule has 0 N–H and O–H groups in total. The fourth-order valence-electron chi connectivity index (χ4n) is 2.38. The van der Waals surface area contributed by atoms with E-state index in [-0.39, 0.29) is 0 Å².